The number of hydrogen-bond acceptors (Lipinski definition) is 5. The minimum Gasteiger partial charge on any atom is -0.306 e. The third-order valence-corrected chi connectivity index (χ3v) is 5.23. The molecule has 1 aromatic carbocycles. The van der Waals surface area contributed by atoms with Gasteiger partial charge in [0, 0.05) is 17.2 Å². The van der Waals surface area contributed by atoms with Gasteiger partial charge in [0.05, 0.1) is 6.20 Å². The SMILES string of the molecule is CC1(c2nccc(NC(=O)c3cnc(-c4ccccc4)s3)n2)CC1. The number of anilines is 1. The Morgan fingerprint density at radius 1 is 1.17 bits per heavy atom. The molecule has 4 rings (SSSR count). The molecule has 0 radical (unpaired) electrons. The molecule has 3 aromatic rings. The third kappa shape index (κ3) is 2.92. The summed E-state index contributed by atoms with van der Waals surface area (Å²) in [6, 6.07) is 11.5. The van der Waals surface area contributed by atoms with Crippen molar-refractivity contribution < 1.29 is 4.79 Å². The van der Waals surface area contributed by atoms with Crippen molar-refractivity contribution in [1.82, 2.24) is 15.0 Å². The van der Waals surface area contributed by atoms with Crippen LogP contribution < -0.4 is 5.32 Å². The van der Waals surface area contributed by atoms with Crippen molar-refractivity contribution in [2.75, 3.05) is 5.32 Å². The van der Waals surface area contributed by atoms with E-state index in [1.807, 2.05) is 30.3 Å². The molecule has 0 atom stereocenters. The molecule has 0 bridgehead atoms. The first kappa shape index (κ1) is 15.0. The maximum absolute atomic E-state index is 12.4. The fourth-order valence-corrected chi connectivity index (χ4v) is 3.22. The van der Waals surface area contributed by atoms with Crippen molar-refractivity contribution in [3.05, 3.63) is 59.5 Å². The second-order valence-electron chi connectivity index (χ2n) is 6.18. The number of rotatable bonds is 4. The number of nitrogens with one attached hydrogen (secondary N) is 1. The average molecular weight is 336 g/mol. The van der Waals surface area contributed by atoms with Crippen LogP contribution in [0.4, 0.5) is 5.82 Å². The van der Waals surface area contributed by atoms with Crippen LogP contribution in [0.25, 0.3) is 10.6 Å². The van der Waals surface area contributed by atoms with E-state index in [2.05, 4.69) is 27.2 Å². The standard InChI is InChI=1S/C18H16N4OS/c1-18(8-9-18)17-19-10-7-14(22-17)21-15(23)13-11-20-16(24-13)12-5-3-2-4-6-12/h2-7,10-11H,8-9H2,1H3,(H,19,21,22,23). The van der Waals surface area contributed by atoms with Gasteiger partial charge in [-0.3, -0.25) is 4.79 Å². The summed E-state index contributed by atoms with van der Waals surface area (Å²) in [6.07, 6.45) is 5.50. The van der Waals surface area contributed by atoms with E-state index in [1.165, 1.54) is 11.3 Å². The lowest BCUT2D eigenvalue weighted by Crippen LogP contribution is -2.14. The van der Waals surface area contributed by atoms with Crippen LogP contribution in [0, 0.1) is 0 Å². The Morgan fingerprint density at radius 2 is 1.96 bits per heavy atom. The fraction of sp³-hybridized carbons (Fsp3) is 0.222. The molecule has 1 fully saturated rings. The van der Waals surface area contributed by atoms with Crippen LogP contribution in [0.3, 0.4) is 0 Å². The Kier molecular flexibility index (Phi) is 3.61. The van der Waals surface area contributed by atoms with E-state index in [1.54, 1.807) is 18.5 Å². The molecule has 0 aliphatic heterocycles. The third-order valence-electron chi connectivity index (χ3n) is 4.19. The smallest absolute Gasteiger partial charge is 0.268 e. The zero-order chi connectivity index (χ0) is 16.6. The number of amides is 1. The van der Waals surface area contributed by atoms with Crippen molar-refractivity contribution in [3.63, 3.8) is 0 Å². The second-order valence-corrected chi connectivity index (χ2v) is 7.21. The lowest BCUT2D eigenvalue weighted by molar-refractivity contribution is 0.103. The fourth-order valence-electron chi connectivity index (χ4n) is 2.40. The Labute approximate surface area is 143 Å². The van der Waals surface area contributed by atoms with Crippen LogP contribution in [0.5, 0.6) is 0 Å². The number of aromatic nitrogens is 3. The second kappa shape index (κ2) is 5.79. The first-order valence-corrected chi connectivity index (χ1v) is 8.62. The van der Waals surface area contributed by atoms with E-state index >= 15 is 0 Å². The molecule has 6 heteroatoms. The zero-order valence-electron chi connectivity index (χ0n) is 13.2. The first-order chi connectivity index (χ1) is 11.6. The summed E-state index contributed by atoms with van der Waals surface area (Å²) in [5.41, 5.74) is 1.08. The van der Waals surface area contributed by atoms with Crippen LogP contribution in [-0.2, 0) is 5.41 Å². The summed E-state index contributed by atoms with van der Waals surface area (Å²) in [7, 11) is 0. The Morgan fingerprint density at radius 3 is 2.71 bits per heavy atom. The zero-order valence-corrected chi connectivity index (χ0v) is 14.0. The summed E-state index contributed by atoms with van der Waals surface area (Å²) >= 11 is 1.37. The number of hydrogen-bond donors (Lipinski definition) is 1. The van der Waals surface area contributed by atoms with Crippen molar-refractivity contribution in [1.29, 1.82) is 0 Å². The van der Waals surface area contributed by atoms with Gasteiger partial charge >= 0.3 is 0 Å². The summed E-state index contributed by atoms with van der Waals surface area (Å²) in [5.74, 6) is 1.14. The highest BCUT2D eigenvalue weighted by Crippen LogP contribution is 2.45. The summed E-state index contributed by atoms with van der Waals surface area (Å²) < 4.78 is 0. The van der Waals surface area contributed by atoms with Gasteiger partial charge in [-0.1, -0.05) is 37.3 Å². The van der Waals surface area contributed by atoms with Crippen LogP contribution in [0.1, 0.15) is 35.3 Å². The van der Waals surface area contributed by atoms with Gasteiger partial charge in [0.15, 0.2) is 0 Å². The largest absolute Gasteiger partial charge is 0.306 e. The summed E-state index contributed by atoms with van der Waals surface area (Å²) in [6.45, 7) is 2.14. The van der Waals surface area contributed by atoms with Gasteiger partial charge in [-0.25, -0.2) is 15.0 Å². The molecular weight excluding hydrogens is 320 g/mol. The van der Waals surface area contributed by atoms with Crippen LogP contribution in [0.15, 0.2) is 48.8 Å². The molecule has 2 heterocycles. The van der Waals surface area contributed by atoms with E-state index in [9.17, 15) is 4.79 Å². The highest BCUT2D eigenvalue weighted by atomic mass is 32.1. The molecule has 0 saturated heterocycles. The molecule has 0 unspecified atom stereocenters. The molecule has 2 aromatic heterocycles. The predicted molar refractivity (Wildman–Crippen MR) is 94.1 cm³/mol. The molecule has 24 heavy (non-hydrogen) atoms. The Hall–Kier alpha value is -2.60. The maximum Gasteiger partial charge on any atom is 0.268 e. The molecule has 1 N–H and O–H groups in total. The molecule has 1 aliphatic carbocycles. The Balaban J connectivity index is 1.52. The number of nitrogens with zero attached hydrogens (tertiary/aromatic N) is 3. The highest BCUT2D eigenvalue weighted by Gasteiger charge is 2.42. The Bertz CT molecular complexity index is 887. The van der Waals surface area contributed by atoms with Gasteiger partial charge in [-0.05, 0) is 18.9 Å². The van der Waals surface area contributed by atoms with Crippen molar-refractivity contribution in [2.45, 2.75) is 25.2 Å². The van der Waals surface area contributed by atoms with E-state index in [-0.39, 0.29) is 11.3 Å². The van der Waals surface area contributed by atoms with E-state index < -0.39 is 0 Å². The lowest BCUT2D eigenvalue weighted by Gasteiger charge is -2.08. The van der Waals surface area contributed by atoms with Gasteiger partial charge in [0.1, 0.15) is 21.5 Å². The maximum atomic E-state index is 12.4. The molecule has 1 amide bonds. The number of thiazole rings is 1. The minimum absolute atomic E-state index is 0.0751. The summed E-state index contributed by atoms with van der Waals surface area (Å²) in [4.78, 5) is 26.1. The molecule has 0 spiro atoms. The summed E-state index contributed by atoms with van der Waals surface area (Å²) in [5, 5.41) is 3.67. The molecule has 5 nitrogen and oxygen atoms in total. The van der Waals surface area contributed by atoms with Crippen molar-refractivity contribution in [2.24, 2.45) is 0 Å². The van der Waals surface area contributed by atoms with Crippen molar-refractivity contribution >= 4 is 23.1 Å². The highest BCUT2D eigenvalue weighted by molar-refractivity contribution is 7.17. The average Bonchev–Trinajstić information content (AvgIpc) is 3.18. The number of benzene rings is 1. The van der Waals surface area contributed by atoms with E-state index in [4.69, 9.17) is 0 Å². The van der Waals surface area contributed by atoms with Gasteiger partial charge in [-0.2, -0.15) is 0 Å². The lowest BCUT2D eigenvalue weighted by atomic mass is 10.1. The molecule has 1 saturated carbocycles. The van der Waals surface area contributed by atoms with Crippen LogP contribution in [0.2, 0.25) is 0 Å². The first-order valence-electron chi connectivity index (χ1n) is 7.80. The van der Waals surface area contributed by atoms with Crippen LogP contribution >= 0.6 is 11.3 Å². The minimum atomic E-state index is -0.194. The monoisotopic (exact) mass is 336 g/mol. The van der Waals surface area contributed by atoms with Gasteiger partial charge in [0.2, 0.25) is 0 Å². The molecular formula is C18H16N4OS. The predicted octanol–water partition coefficient (Wildman–Crippen LogP) is 3.90. The van der Waals surface area contributed by atoms with E-state index in [0.717, 1.165) is 29.2 Å². The van der Waals surface area contributed by atoms with Gasteiger partial charge in [0.25, 0.3) is 5.91 Å². The van der Waals surface area contributed by atoms with E-state index in [0.29, 0.717) is 10.7 Å². The normalized spacial score (nSPS) is 15.0. The number of carbonyl (C=O) groups excluding carboxylic acids is 1. The van der Waals surface area contributed by atoms with Gasteiger partial charge in [-0.15, -0.1) is 11.3 Å². The quantitative estimate of drug-likeness (QED) is 0.784. The van der Waals surface area contributed by atoms with Gasteiger partial charge < -0.3 is 5.32 Å². The van der Waals surface area contributed by atoms with Crippen LogP contribution in [-0.4, -0.2) is 20.9 Å². The van der Waals surface area contributed by atoms with Crippen molar-refractivity contribution in [3.8, 4) is 10.6 Å². The topological polar surface area (TPSA) is 67.8 Å². The molecule has 1 aliphatic rings. The number of carbonyl (C=O) groups is 1. The molecule has 120 valence electrons.